The first-order valence-electron chi connectivity index (χ1n) is 5.91. The second kappa shape index (κ2) is 5.09. The van der Waals surface area contributed by atoms with Crippen LogP contribution < -0.4 is 10.5 Å². The summed E-state index contributed by atoms with van der Waals surface area (Å²) in [7, 11) is 0. The third-order valence-electron chi connectivity index (χ3n) is 2.86. The van der Waals surface area contributed by atoms with E-state index in [1.165, 1.54) is 12.1 Å². The van der Waals surface area contributed by atoms with Crippen LogP contribution in [0.2, 0.25) is 0 Å². The number of fused-ring (bicyclic) bond motifs is 1. The van der Waals surface area contributed by atoms with Crippen LogP contribution in [0.4, 0.5) is 13.2 Å². The average Bonchev–Trinajstić information content (AvgIpc) is 2.37. The molecule has 5 heteroatoms. The standard InChI is InChI=1S/C14H14F3NO/c1-2-19-12-8-10(13(18)14(15,16)17)7-9-5-3-4-6-11(9)12/h3-8,13H,2,18H2,1H3/t13-/m0/s1. The fraction of sp³-hybridized carbons (Fsp3) is 0.286. The number of hydrogen-bond donors (Lipinski definition) is 1. The molecule has 2 N–H and O–H groups in total. The average molecular weight is 269 g/mol. The van der Waals surface area contributed by atoms with Crippen molar-refractivity contribution in [2.45, 2.75) is 19.1 Å². The van der Waals surface area contributed by atoms with Gasteiger partial charge in [0.05, 0.1) is 6.61 Å². The molecular formula is C14H14F3NO. The number of alkyl halides is 3. The van der Waals surface area contributed by atoms with Crippen LogP contribution in [0.15, 0.2) is 36.4 Å². The summed E-state index contributed by atoms with van der Waals surface area (Å²) < 4.78 is 43.5. The normalized spacial score (nSPS) is 13.5. The highest BCUT2D eigenvalue weighted by molar-refractivity contribution is 5.89. The Hall–Kier alpha value is -1.75. The Morgan fingerprint density at radius 2 is 1.89 bits per heavy atom. The summed E-state index contributed by atoms with van der Waals surface area (Å²) in [4.78, 5) is 0. The van der Waals surface area contributed by atoms with Crippen molar-refractivity contribution in [3.8, 4) is 5.75 Å². The molecule has 2 rings (SSSR count). The van der Waals surface area contributed by atoms with Gasteiger partial charge in [-0.25, -0.2) is 0 Å². The first-order valence-corrected chi connectivity index (χ1v) is 5.91. The van der Waals surface area contributed by atoms with Gasteiger partial charge in [0.2, 0.25) is 0 Å². The predicted molar refractivity (Wildman–Crippen MR) is 68.1 cm³/mol. The Balaban J connectivity index is 2.58. The predicted octanol–water partition coefficient (Wildman–Crippen LogP) is 3.80. The number of nitrogens with two attached hydrogens (primary N) is 1. The van der Waals surface area contributed by atoms with E-state index in [1.807, 2.05) is 12.1 Å². The van der Waals surface area contributed by atoms with Gasteiger partial charge < -0.3 is 10.5 Å². The molecule has 0 radical (unpaired) electrons. The van der Waals surface area contributed by atoms with E-state index in [2.05, 4.69) is 0 Å². The highest BCUT2D eigenvalue weighted by Crippen LogP contribution is 2.35. The van der Waals surface area contributed by atoms with Gasteiger partial charge in [-0.3, -0.25) is 0 Å². The van der Waals surface area contributed by atoms with Gasteiger partial charge in [0.15, 0.2) is 0 Å². The summed E-state index contributed by atoms with van der Waals surface area (Å²) in [5, 5.41) is 1.46. The maximum atomic E-state index is 12.7. The maximum absolute atomic E-state index is 12.7. The highest BCUT2D eigenvalue weighted by Gasteiger charge is 2.38. The largest absolute Gasteiger partial charge is 0.493 e. The molecule has 2 aromatic rings. The van der Waals surface area contributed by atoms with Crippen LogP contribution in [0.1, 0.15) is 18.5 Å². The first-order chi connectivity index (χ1) is 8.93. The van der Waals surface area contributed by atoms with Crippen LogP contribution in [-0.4, -0.2) is 12.8 Å². The summed E-state index contributed by atoms with van der Waals surface area (Å²) in [5.41, 5.74) is 5.26. The van der Waals surface area contributed by atoms with Gasteiger partial charge in [0, 0.05) is 5.39 Å². The van der Waals surface area contributed by atoms with Crippen molar-refractivity contribution in [1.82, 2.24) is 0 Å². The summed E-state index contributed by atoms with van der Waals surface area (Å²) in [5.74, 6) is 0.426. The SMILES string of the molecule is CCOc1cc([C@H](N)C(F)(F)F)cc2ccccc12. The lowest BCUT2D eigenvalue weighted by Crippen LogP contribution is -2.28. The number of hydrogen-bond acceptors (Lipinski definition) is 2. The minimum atomic E-state index is -4.47. The lowest BCUT2D eigenvalue weighted by molar-refractivity contribution is -0.149. The molecule has 0 saturated carbocycles. The topological polar surface area (TPSA) is 35.2 Å². The molecule has 0 bridgehead atoms. The van der Waals surface area contributed by atoms with Crippen molar-refractivity contribution in [3.63, 3.8) is 0 Å². The fourth-order valence-corrected chi connectivity index (χ4v) is 1.94. The lowest BCUT2D eigenvalue weighted by atomic mass is 10.0. The van der Waals surface area contributed by atoms with Gasteiger partial charge in [0.25, 0.3) is 0 Å². The second-order valence-electron chi connectivity index (χ2n) is 4.19. The first kappa shape index (κ1) is 13.7. The van der Waals surface area contributed by atoms with Crippen molar-refractivity contribution < 1.29 is 17.9 Å². The number of rotatable bonds is 3. The Bertz CT molecular complexity index is 580. The molecule has 1 atom stereocenters. The molecule has 0 aromatic heterocycles. The maximum Gasteiger partial charge on any atom is 0.407 e. The fourth-order valence-electron chi connectivity index (χ4n) is 1.94. The van der Waals surface area contributed by atoms with Gasteiger partial charge in [0.1, 0.15) is 11.8 Å². The van der Waals surface area contributed by atoms with E-state index < -0.39 is 12.2 Å². The Kier molecular flexibility index (Phi) is 3.66. The van der Waals surface area contributed by atoms with E-state index in [0.717, 1.165) is 5.39 Å². The monoisotopic (exact) mass is 269 g/mol. The molecule has 0 unspecified atom stereocenters. The summed E-state index contributed by atoms with van der Waals surface area (Å²) in [6.07, 6.45) is -4.47. The smallest absolute Gasteiger partial charge is 0.407 e. The molecule has 19 heavy (non-hydrogen) atoms. The molecule has 2 aromatic carbocycles. The van der Waals surface area contributed by atoms with Gasteiger partial charge in [-0.2, -0.15) is 13.2 Å². The molecule has 0 spiro atoms. The van der Waals surface area contributed by atoms with E-state index >= 15 is 0 Å². The van der Waals surface area contributed by atoms with Crippen molar-refractivity contribution in [2.24, 2.45) is 5.73 Å². The van der Waals surface area contributed by atoms with Crippen LogP contribution in [0, 0.1) is 0 Å². The molecule has 0 fully saturated rings. The Labute approximate surface area is 109 Å². The number of benzene rings is 2. The molecule has 0 aliphatic rings. The number of halogens is 3. The van der Waals surface area contributed by atoms with E-state index in [0.29, 0.717) is 17.7 Å². The van der Waals surface area contributed by atoms with Crippen LogP contribution in [0.25, 0.3) is 10.8 Å². The minimum absolute atomic E-state index is 0.00894. The summed E-state index contributed by atoms with van der Waals surface area (Å²) >= 11 is 0. The van der Waals surface area contributed by atoms with Crippen molar-refractivity contribution in [2.75, 3.05) is 6.61 Å². The molecule has 2 nitrogen and oxygen atoms in total. The van der Waals surface area contributed by atoms with E-state index in [4.69, 9.17) is 10.5 Å². The van der Waals surface area contributed by atoms with E-state index in [-0.39, 0.29) is 5.56 Å². The van der Waals surface area contributed by atoms with Crippen LogP contribution in [0.5, 0.6) is 5.75 Å². The molecule has 0 aliphatic carbocycles. The van der Waals surface area contributed by atoms with Crippen LogP contribution >= 0.6 is 0 Å². The van der Waals surface area contributed by atoms with Gasteiger partial charge >= 0.3 is 6.18 Å². The molecule has 0 aliphatic heterocycles. The molecule has 0 amide bonds. The lowest BCUT2D eigenvalue weighted by Gasteiger charge is -2.18. The zero-order chi connectivity index (χ0) is 14.0. The quantitative estimate of drug-likeness (QED) is 0.919. The van der Waals surface area contributed by atoms with E-state index in [9.17, 15) is 13.2 Å². The highest BCUT2D eigenvalue weighted by atomic mass is 19.4. The third kappa shape index (κ3) is 2.81. The zero-order valence-electron chi connectivity index (χ0n) is 10.4. The van der Waals surface area contributed by atoms with Gasteiger partial charge in [-0.15, -0.1) is 0 Å². The van der Waals surface area contributed by atoms with E-state index in [1.54, 1.807) is 19.1 Å². The zero-order valence-corrected chi connectivity index (χ0v) is 10.4. The molecule has 102 valence electrons. The van der Waals surface area contributed by atoms with Gasteiger partial charge in [-0.1, -0.05) is 24.3 Å². The Morgan fingerprint density at radius 3 is 2.53 bits per heavy atom. The molecular weight excluding hydrogens is 255 g/mol. The summed E-state index contributed by atoms with van der Waals surface area (Å²) in [6.45, 7) is 2.17. The van der Waals surface area contributed by atoms with Crippen molar-refractivity contribution in [3.05, 3.63) is 42.0 Å². The Morgan fingerprint density at radius 1 is 1.21 bits per heavy atom. The summed E-state index contributed by atoms with van der Waals surface area (Å²) in [6, 6.07) is 7.94. The van der Waals surface area contributed by atoms with Crippen LogP contribution in [0.3, 0.4) is 0 Å². The van der Waals surface area contributed by atoms with Crippen LogP contribution in [-0.2, 0) is 0 Å². The third-order valence-corrected chi connectivity index (χ3v) is 2.86. The van der Waals surface area contributed by atoms with Crippen molar-refractivity contribution >= 4 is 10.8 Å². The van der Waals surface area contributed by atoms with Crippen molar-refractivity contribution in [1.29, 1.82) is 0 Å². The van der Waals surface area contributed by atoms with Gasteiger partial charge in [-0.05, 0) is 30.0 Å². The minimum Gasteiger partial charge on any atom is -0.493 e. The second-order valence-corrected chi connectivity index (χ2v) is 4.19. The molecule has 0 saturated heterocycles. The number of ether oxygens (including phenoxy) is 1. The molecule has 0 heterocycles.